The summed E-state index contributed by atoms with van der Waals surface area (Å²) in [6, 6.07) is 97.3. The number of benzene rings is 10. The lowest BCUT2D eigenvalue weighted by atomic mass is 9.75. The van der Waals surface area contributed by atoms with Crippen molar-refractivity contribution in [2.75, 3.05) is 0 Å². The molecule has 2 aliphatic carbocycles. The van der Waals surface area contributed by atoms with Crippen molar-refractivity contribution in [2.24, 2.45) is 0 Å². The van der Waals surface area contributed by atoms with Crippen LogP contribution in [0.3, 0.4) is 0 Å². The maximum Gasteiger partial charge on any atom is 0.488 e. The van der Waals surface area contributed by atoms with Crippen LogP contribution in [0.4, 0.5) is 0 Å². The summed E-state index contributed by atoms with van der Waals surface area (Å²) in [6.45, 7) is 9.02. The Balaban J connectivity index is 0.000000132. The second-order valence-electron chi connectivity index (χ2n) is 22.1. The predicted octanol–water partition coefficient (Wildman–Crippen LogP) is 18.6. The van der Waals surface area contributed by atoms with Gasteiger partial charge in [-0.25, -0.2) is 9.97 Å². The summed E-state index contributed by atoms with van der Waals surface area (Å²) in [4.78, 5) is 9.97. The minimum atomic E-state index is -1.41. The molecule has 0 saturated heterocycles. The molecular formula is C76H60BBrN2O2. The molecule has 0 aliphatic heterocycles. The number of hydrogen-bond acceptors (Lipinski definition) is 4. The summed E-state index contributed by atoms with van der Waals surface area (Å²) in [5.41, 5.74) is 26.4. The number of halogens is 1. The van der Waals surface area contributed by atoms with Crippen LogP contribution >= 0.6 is 15.9 Å². The maximum atomic E-state index is 9.30. The van der Waals surface area contributed by atoms with Gasteiger partial charge in [0.1, 0.15) is 0 Å². The highest BCUT2D eigenvalue weighted by Crippen LogP contribution is 2.50. The Morgan fingerprint density at radius 3 is 1.04 bits per heavy atom. The third kappa shape index (κ3) is 10.8. The van der Waals surface area contributed by atoms with Crippen molar-refractivity contribution in [2.45, 2.75) is 38.5 Å². The first kappa shape index (κ1) is 53.6. The molecule has 396 valence electrons. The van der Waals surface area contributed by atoms with Gasteiger partial charge in [-0.1, -0.05) is 274 Å². The highest BCUT2D eigenvalue weighted by Gasteiger charge is 2.37. The molecule has 2 heterocycles. The number of hydrogen-bond donors (Lipinski definition) is 2. The van der Waals surface area contributed by atoms with E-state index in [1.54, 1.807) is 6.07 Å². The van der Waals surface area contributed by atoms with Crippen LogP contribution in [0.5, 0.6) is 0 Å². The Kier molecular flexibility index (Phi) is 14.9. The molecule has 4 nitrogen and oxygen atoms in total. The van der Waals surface area contributed by atoms with Crippen molar-refractivity contribution in [3.63, 3.8) is 0 Å². The summed E-state index contributed by atoms with van der Waals surface area (Å²) >= 11 is 3.57. The van der Waals surface area contributed by atoms with Gasteiger partial charge >= 0.3 is 7.12 Å². The quantitative estimate of drug-likeness (QED) is 0.149. The fourth-order valence-corrected chi connectivity index (χ4v) is 12.1. The van der Waals surface area contributed by atoms with Crippen LogP contribution < -0.4 is 5.46 Å². The van der Waals surface area contributed by atoms with Crippen molar-refractivity contribution in [1.29, 1.82) is 0 Å². The first-order valence-electron chi connectivity index (χ1n) is 27.9. The number of pyridine rings is 2. The van der Waals surface area contributed by atoms with Gasteiger partial charge in [-0.2, -0.15) is 0 Å². The van der Waals surface area contributed by atoms with Crippen LogP contribution in [0, 0.1) is 0 Å². The van der Waals surface area contributed by atoms with E-state index in [4.69, 9.17) is 9.97 Å². The molecule has 6 heteroatoms. The lowest BCUT2D eigenvalue weighted by molar-refractivity contribution is 0.425. The monoisotopic (exact) mass is 1120 g/mol. The van der Waals surface area contributed by atoms with Crippen molar-refractivity contribution >= 4 is 28.5 Å². The summed E-state index contributed by atoms with van der Waals surface area (Å²) in [6.07, 6.45) is 0. The molecule has 12 aromatic rings. The molecule has 2 aliphatic rings. The third-order valence-electron chi connectivity index (χ3n) is 16.1. The number of fused-ring (bicyclic) bond motifs is 6. The summed E-state index contributed by atoms with van der Waals surface area (Å²) in [5, 5.41) is 18.6. The zero-order valence-electron chi connectivity index (χ0n) is 46.3. The van der Waals surface area contributed by atoms with Gasteiger partial charge in [0.25, 0.3) is 0 Å². The van der Waals surface area contributed by atoms with Crippen molar-refractivity contribution in [1.82, 2.24) is 9.97 Å². The molecule has 0 fully saturated rings. The molecule has 14 rings (SSSR count). The molecule has 0 saturated carbocycles. The van der Waals surface area contributed by atoms with E-state index in [2.05, 4.69) is 238 Å². The van der Waals surface area contributed by atoms with Gasteiger partial charge in [0.05, 0.1) is 22.8 Å². The second-order valence-corrected chi connectivity index (χ2v) is 23.0. The summed E-state index contributed by atoms with van der Waals surface area (Å²) in [7, 11) is -1.41. The highest BCUT2D eigenvalue weighted by molar-refractivity contribution is 9.10. The Labute approximate surface area is 490 Å². The Hall–Kier alpha value is -9.04. The predicted molar refractivity (Wildman–Crippen MR) is 346 cm³/mol. The molecule has 0 atom stereocenters. The van der Waals surface area contributed by atoms with Crippen molar-refractivity contribution in [3.05, 3.63) is 306 Å². The standard InChI is InChI=1S/C38H29N.C23H16BrN.C15H15BO2/c1-38(2)34-19-10-9-18-32(34)33-21-20-30(23-35(33)38)28-16-11-17-29(22-28)31-24-36(26-12-5-3-6-13-26)39-37(25-31)27-14-7-4-8-15-27;24-21-13-7-12-19(14-21)20-15-22(17-8-3-1-4-9-17)25-23(16-20)18-10-5-2-6-11-18;1-15(2)13-6-4-3-5-11(13)12-8-7-10(16(17)18)9-14(12)15/h3-25H,1-2H3;1-16H;3-9,17-18H,1-2H3. The Morgan fingerprint density at radius 2 is 0.610 bits per heavy atom. The largest absolute Gasteiger partial charge is 0.488 e. The van der Waals surface area contributed by atoms with Gasteiger partial charge in [0.2, 0.25) is 0 Å². The molecule has 2 N–H and O–H groups in total. The molecular weight excluding hydrogens is 1060 g/mol. The topological polar surface area (TPSA) is 66.2 Å². The van der Waals surface area contributed by atoms with Crippen LogP contribution in [-0.4, -0.2) is 27.1 Å². The van der Waals surface area contributed by atoms with Gasteiger partial charge in [-0.15, -0.1) is 0 Å². The highest BCUT2D eigenvalue weighted by atomic mass is 79.9. The van der Waals surface area contributed by atoms with Crippen molar-refractivity contribution < 1.29 is 10.0 Å². The third-order valence-corrected chi connectivity index (χ3v) is 16.6. The molecule has 0 bridgehead atoms. The van der Waals surface area contributed by atoms with Gasteiger partial charge in [0.15, 0.2) is 0 Å². The average Bonchev–Trinajstić information content (AvgIpc) is 3.56. The van der Waals surface area contributed by atoms with Crippen molar-refractivity contribution in [3.8, 4) is 101 Å². The van der Waals surface area contributed by atoms with E-state index in [9.17, 15) is 10.0 Å². The summed E-state index contributed by atoms with van der Waals surface area (Å²) < 4.78 is 1.07. The molecule has 82 heavy (non-hydrogen) atoms. The first-order chi connectivity index (χ1) is 39.9. The lowest BCUT2D eigenvalue weighted by Crippen LogP contribution is -2.31. The SMILES string of the molecule is Brc1cccc(-c2cc(-c3ccccc3)nc(-c3ccccc3)c2)c1.CC1(C)c2ccccc2-c2ccc(-c3cccc(-c4cc(-c5ccccc5)nc(-c5ccccc5)c4)c3)cc21.CC1(C)c2ccccc2-c2ccc(B(O)O)cc21. The summed E-state index contributed by atoms with van der Waals surface area (Å²) in [5.74, 6) is 0. The van der Waals surface area contributed by atoms with Crippen LogP contribution in [0.1, 0.15) is 49.9 Å². The van der Waals surface area contributed by atoms with E-state index in [1.807, 2.05) is 78.9 Å². The first-order valence-corrected chi connectivity index (χ1v) is 28.7. The minimum absolute atomic E-state index is 0.0141. The fraction of sp³-hybridized carbons (Fsp3) is 0.0789. The average molecular weight is 1120 g/mol. The molecule has 0 amide bonds. The second kappa shape index (κ2) is 22.8. The molecule has 0 radical (unpaired) electrons. The number of nitrogens with zero attached hydrogens (tertiary/aromatic N) is 2. The molecule has 0 unspecified atom stereocenters. The zero-order chi connectivity index (χ0) is 56.4. The van der Waals surface area contributed by atoms with E-state index in [0.29, 0.717) is 5.46 Å². The van der Waals surface area contributed by atoms with E-state index >= 15 is 0 Å². The van der Waals surface area contributed by atoms with Crippen LogP contribution in [0.2, 0.25) is 0 Å². The maximum absolute atomic E-state index is 9.30. The Morgan fingerprint density at radius 1 is 0.280 bits per heavy atom. The molecule has 0 spiro atoms. The van der Waals surface area contributed by atoms with Gasteiger partial charge in [-0.3, -0.25) is 0 Å². The van der Waals surface area contributed by atoms with Gasteiger partial charge < -0.3 is 10.0 Å². The zero-order valence-corrected chi connectivity index (χ0v) is 47.9. The number of aromatic nitrogens is 2. The van der Waals surface area contributed by atoms with Gasteiger partial charge in [0, 0.05) is 37.6 Å². The Bertz CT molecular complexity index is 4140. The van der Waals surface area contributed by atoms with Crippen LogP contribution in [-0.2, 0) is 10.8 Å². The normalized spacial score (nSPS) is 12.8. The lowest BCUT2D eigenvalue weighted by Gasteiger charge is -2.22. The fourth-order valence-electron chi connectivity index (χ4n) is 11.7. The van der Waals surface area contributed by atoms with E-state index in [1.165, 1.54) is 66.8 Å². The smallest absolute Gasteiger partial charge is 0.423 e. The molecule has 10 aromatic carbocycles. The van der Waals surface area contributed by atoms with E-state index in [-0.39, 0.29) is 10.8 Å². The van der Waals surface area contributed by atoms with E-state index < -0.39 is 7.12 Å². The van der Waals surface area contributed by atoms with Crippen LogP contribution in [0.25, 0.3) is 101 Å². The van der Waals surface area contributed by atoms with E-state index in [0.717, 1.165) is 60.6 Å². The number of rotatable bonds is 8. The molecule has 2 aromatic heterocycles. The van der Waals surface area contributed by atoms with Gasteiger partial charge in [-0.05, 0) is 132 Å². The van der Waals surface area contributed by atoms with Crippen LogP contribution in [0.15, 0.2) is 284 Å². The minimum Gasteiger partial charge on any atom is -0.423 e.